The summed E-state index contributed by atoms with van der Waals surface area (Å²) in [4.78, 5) is 3.90. The summed E-state index contributed by atoms with van der Waals surface area (Å²) >= 11 is 0. The molecule has 0 aliphatic rings. The van der Waals surface area contributed by atoms with Gasteiger partial charge in [0.05, 0.1) is 0 Å². The van der Waals surface area contributed by atoms with Gasteiger partial charge in [0.1, 0.15) is 35.4 Å². The van der Waals surface area contributed by atoms with E-state index in [2.05, 4.69) is 47.4 Å². The molecular weight excluding hydrogens is 468 g/mol. The molecule has 6 nitrogen and oxygen atoms in total. The summed E-state index contributed by atoms with van der Waals surface area (Å²) in [5, 5.41) is 37.2. The van der Waals surface area contributed by atoms with Gasteiger partial charge < -0.3 is 9.80 Å². The van der Waals surface area contributed by atoms with Crippen molar-refractivity contribution in [1.29, 1.82) is 21.0 Å². The highest BCUT2D eigenvalue weighted by Gasteiger charge is 2.02. The van der Waals surface area contributed by atoms with Crippen molar-refractivity contribution >= 4 is 11.4 Å². The van der Waals surface area contributed by atoms with E-state index < -0.39 is 0 Å². The molecule has 0 aliphatic heterocycles. The first kappa shape index (κ1) is 28.0. The van der Waals surface area contributed by atoms with Crippen molar-refractivity contribution in [2.75, 3.05) is 38.0 Å². The van der Waals surface area contributed by atoms with E-state index in [1.54, 1.807) is 24.3 Å². The Morgan fingerprint density at radius 3 is 1.05 bits per heavy atom. The van der Waals surface area contributed by atoms with E-state index in [9.17, 15) is 21.0 Å². The lowest BCUT2D eigenvalue weighted by Gasteiger charge is -2.11. The fourth-order valence-electron chi connectivity index (χ4n) is 2.73. The van der Waals surface area contributed by atoms with Crippen LogP contribution in [0.2, 0.25) is 0 Å². The Morgan fingerprint density at radius 2 is 0.789 bits per heavy atom. The van der Waals surface area contributed by atoms with Gasteiger partial charge in [-0.1, -0.05) is 23.7 Å². The van der Waals surface area contributed by atoms with Crippen LogP contribution in [-0.2, 0) is 0 Å². The van der Waals surface area contributed by atoms with Gasteiger partial charge in [0.25, 0.3) is 0 Å². The summed E-state index contributed by atoms with van der Waals surface area (Å²) in [5.74, 6) is 21.7. The van der Waals surface area contributed by atoms with E-state index in [1.807, 2.05) is 86.5 Å². The van der Waals surface area contributed by atoms with Crippen LogP contribution in [0.3, 0.4) is 0 Å². The molecule has 6 heteroatoms. The van der Waals surface area contributed by atoms with Crippen LogP contribution in [0.4, 0.5) is 11.4 Å². The molecule has 0 spiro atoms. The average molecular weight is 489 g/mol. The third-order valence-corrected chi connectivity index (χ3v) is 4.82. The Kier molecular flexibility index (Phi) is 10.4. The van der Waals surface area contributed by atoms with E-state index in [0.717, 1.165) is 11.4 Å². The summed E-state index contributed by atoms with van der Waals surface area (Å²) < 4.78 is 0. The Morgan fingerprint density at radius 1 is 0.474 bits per heavy atom. The van der Waals surface area contributed by atoms with Crippen molar-refractivity contribution in [2.24, 2.45) is 0 Å². The fourth-order valence-corrected chi connectivity index (χ4v) is 2.73. The SMILES string of the molecule is CN(C)c1ccc(C#CC(C#CC#CC(C#Cc2ccc(N(C)C)cc2)=C(C#N)C#N)=C(C#N)C#N)cc1. The van der Waals surface area contributed by atoms with Gasteiger partial charge in [-0.05, 0) is 72.2 Å². The monoisotopic (exact) mass is 488 g/mol. The molecule has 2 aromatic rings. The van der Waals surface area contributed by atoms with Crippen molar-refractivity contribution < 1.29 is 0 Å². The normalized spacial score (nSPS) is 8.11. The zero-order chi connectivity index (χ0) is 27.9. The first-order chi connectivity index (χ1) is 18.3. The molecule has 0 aromatic heterocycles. The average Bonchev–Trinajstić information content (AvgIpc) is 2.93. The number of nitrogens with zero attached hydrogens (tertiary/aromatic N) is 6. The Labute approximate surface area is 223 Å². The van der Waals surface area contributed by atoms with E-state index in [1.165, 1.54) is 0 Å². The smallest absolute Gasteiger partial charge is 0.153 e. The van der Waals surface area contributed by atoms with Gasteiger partial charge in [-0.15, -0.1) is 0 Å². The van der Waals surface area contributed by atoms with Gasteiger partial charge in [0, 0.05) is 50.7 Å². The third-order valence-electron chi connectivity index (χ3n) is 4.82. The van der Waals surface area contributed by atoms with Crippen molar-refractivity contribution in [3.63, 3.8) is 0 Å². The molecule has 178 valence electrons. The largest absolute Gasteiger partial charge is 0.378 e. The molecule has 0 bridgehead atoms. The number of allylic oxidation sites excluding steroid dienone is 4. The second-order valence-electron chi connectivity index (χ2n) is 7.83. The van der Waals surface area contributed by atoms with Gasteiger partial charge in [-0.3, -0.25) is 0 Å². The van der Waals surface area contributed by atoms with Gasteiger partial charge in [-0.2, -0.15) is 21.0 Å². The predicted octanol–water partition coefficient (Wildman–Crippen LogP) is 3.92. The Balaban J connectivity index is 2.42. The highest BCUT2D eigenvalue weighted by atomic mass is 15.1. The van der Waals surface area contributed by atoms with Crippen LogP contribution in [0.1, 0.15) is 11.1 Å². The molecule has 2 rings (SSSR count). The van der Waals surface area contributed by atoms with Crippen LogP contribution in [0.15, 0.2) is 70.8 Å². The quantitative estimate of drug-likeness (QED) is 0.469. The second kappa shape index (κ2) is 14.2. The number of benzene rings is 2. The van der Waals surface area contributed by atoms with Crippen molar-refractivity contribution in [3.05, 3.63) is 82.0 Å². The summed E-state index contributed by atoms with van der Waals surface area (Å²) in [7, 11) is 7.70. The zero-order valence-corrected chi connectivity index (χ0v) is 21.3. The minimum absolute atomic E-state index is 0.0133. The molecule has 0 unspecified atom stereocenters. The lowest BCUT2D eigenvalue weighted by molar-refractivity contribution is 1.13. The lowest BCUT2D eigenvalue weighted by atomic mass is 10.1. The second-order valence-corrected chi connectivity index (χ2v) is 7.83. The van der Waals surface area contributed by atoms with Crippen LogP contribution in [-0.4, -0.2) is 28.2 Å². The molecule has 0 fully saturated rings. The van der Waals surface area contributed by atoms with E-state index >= 15 is 0 Å². The summed E-state index contributed by atoms with van der Waals surface area (Å²) in [6, 6.07) is 22.0. The Hall–Kier alpha value is -6.28. The third kappa shape index (κ3) is 8.19. The van der Waals surface area contributed by atoms with Crippen molar-refractivity contribution in [3.8, 4) is 71.6 Å². The number of nitriles is 4. The van der Waals surface area contributed by atoms with Gasteiger partial charge >= 0.3 is 0 Å². The molecule has 2 aromatic carbocycles. The summed E-state index contributed by atoms with van der Waals surface area (Å²) in [5.41, 5.74) is 2.90. The molecule has 0 N–H and O–H groups in total. The topological polar surface area (TPSA) is 102 Å². The molecular formula is C32H20N6. The van der Waals surface area contributed by atoms with Crippen LogP contribution in [0.25, 0.3) is 0 Å². The predicted molar refractivity (Wildman–Crippen MR) is 147 cm³/mol. The van der Waals surface area contributed by atoms with E-state index in [-0.39, 0.29) is 22.3 Å². The Bertz CT molecular complexity index is 1530. The standard InChI is InChI=1S/C32H20N6/c1-37(2)31-17-11-25(12-18-31)9-15-27(29(21-33)22-34)7-5-6-8-28(30(23-35)24-36)16-10-26-13-19-32(20-14-26)38(3)4/h11-14,17-20H,1-4H3. The summed E-state index contributed by atoms with van der Waals surface area (Å²) in [6.45, 7) is 0. The number of hydrogen-bond donors (Lipinski definition) is 0. The minimum atomic E-state index is -0.247. The highest BCUT2D eigenvalue weighted by molar-refractivity contribution is 5.63. The van der Waals surface area contributed by atoms with Crippen molar-refractivity contribution in [1.82, 2.24) is 0 Å². The first-order valence-electron chi connectivity index (χ1n) is 11.0. The van der Waals surface area contributed by atoms with Crippen LogP contribution >= 0.6 is 0 Å². The number of rotatable bonds is 2. The first-order valence-corrected chi connectivity index (χ1v) is 11.0. The van der Waals surface area contributed by atoms with Gasteiger partial charge in [0.2, 0.25) is 0 Å². The number of hydrogen-bond acceptors (Lipinski definition) is 6. The molecule has 38 heavy (non-hydrogen) atoms. The molecule has 0 aliphatic carbocycles. The molecule has 0 saturated carbocycles. The maximum Gasteiger partial charge on any atom is 0.153 e. The lowest BCUT2D eigenvalue weighted by Crippen LogP contribution is -2.07. The maximum absolute atomic E-state index is 9.29. The molecule has 0 amide bonds. The highest BCUT2D eigenvalue weighted by Crippen LogP contribution is 2.13. The fraction of sp³-hybridized carbons (Fsp3) is 0.125. The van der Waals surface area contributed by atoms with E-state index in [4.69, 9.17) is 0 Å². The van der Waals surface area contributed by atoms with Crippen LogP contribution in [0.5, 0.6) is 0 Å². The maximum atomic E-state index is 9.29. The molecule has 0 radical (unpaired) electrons. The molecule has 0 heterocycles. The zero-order valence-electron chi connectivity index (χ0n) is 21.3. The number of anilines is 2. The summed E-state index contributed by atoms with van der Waals surface area (Å²) in [6.07, 6.45) is 0. The molecule has 0 atom stereocenters. The minimum Gasteiger partial charge on any atom is -0.378 e. The molecule has 0 saturated heterocycles. The van der Waals surface area contributed by atoms with Crippen LogP contribution in [0, 0.1) is 92.7 Å². The van der Waals surface area contributed by atoms with Gasteiger partial charge in [0.15, 0.2) is 11.1 Å². The van der Waals surface area contributed by atoms with E-state index in [0.29, 0.717) is 11.1 Å². The van der Waals surface area contributed by atoms with Crippen molar-refractivity contribution in [2.45, 2.75) is 0 Å². The van der Waals surface area contributed by atoms with Gasteiger partial charge in [-0.25, -0.2) is 0 Å². The van der Waals surface area contributed by atoms with Crippen LogP contribution < -0.4 is 9.80 Å².